The molecule has 1 saturated carbocycles. The molecule has 2 aliphatic rings. The van der Waals surface area contributed by atoms with E-state index in [0.717, 1.165) is 16.8 Å². The van der Waals surface area contributed by atoms with E-state index < -0.39 is 11.7 Å². The number of nitrogens with zero attached hydrogens (tertiary/aromatic N) is 3. The van der Waals surface area contributed by atoms with E-state index in [1.54, 1.807) is 24.4 Å². The summed E-state index contributed by atoms with van der Waals surface area (Å²) in [6, 6.07) is 16.8. The smallest absolute Gasteiger partial charge is 0.252 e. The van der Waals surface area contributed by atoms with Gasteiger partial charge in [0.25, 0.3) is 5.91 Å². The summed E-state index contributed by atoms with van der Waals surface area (Å²) in [5, 5.41) is 2.91. The molecule has 3 unspecified atom stereocenters. The molecule has 1 fully saturated rings. The molecule has 1 aliphatic carbocycles. The zero-order chi connectivity index (χ0) is 21.6. The molecular formula is C24H22ClFN4O. The van der Waals surface area contributed by atoms with Gasteiger partial charge in [0.1, 0.15) is 17.8 Å². The van der Waals surface area contributed by atoms with E-state index >= 15 is 0 Å². The maximum Gasteiger partial charge on any atom is 0.252 e. The van der Waals surface area contributed by atoms with Crippen molar-refractivity contribution in [1.82, 2.24) is 15.3 Å². The van der Waals surface area contributed by atoms with Gasteiger partial charge in [-0.2, -0.15) is 0 Å². The van der Waals surface area contributed by atoms with Gasteiger partial charge in [-0.05, 0) is 48.7 Å². The Hall–Kier alpha value is -2.99. The predicted molar refractivity (Wildman–Crippen MR) is 119 cm³/mol. The minimum absolute atomic E-state index is 0.164. The Morgan fingerprint density at radius 2 is 2.00 bits per heavy atom. The van der Waals surface area contributed by atoms with Gasteiger partial charge in [-0.1, -0.05) is 30.3 Å². The Bertz CT molecular complexity index is 1140. The van der Waals surface area contributed by atoms with Crippen LogP contribution in [0.1, 0.15) is 33.7 Å². The molecular weight excluding hydrogens is 415 g/mol. The second-order valence-electron chi connectivity index (χ2n) is 8.18. The topological polar surface area (TPSA) is 58.1 Å². The van der Waals surface area contributed by atoms with E-state index in [4.69, 9.17) is 11.6 Å². The Labute approximate surface area is 185 Å². The normalized spacial score (nSPS) is 24.4. The summed E-state index contributed by atoms with van der Waals surface area (Å²) < 4.78 is 14.7. The van der Waals surface area contributed by atoms with Gasteiger partial charge in [-0.15, -0.1) is 11.6 Å². The van der Waals surface area contributed by atoms with Crippen LogP contribution in [0.5, 0.6) is 0 Å². The first kappa shape index (κ1) is 19.9. The Morgan fingerprint density at radius 1 is 1.23 bits per heavy atom. The molecule has 0 radical (unpaired) electrons. The third-order valence-corrected chi connectivity index (χ3v) is 6.52. The van der Waals surface area contributed by atoms with Gasteiger partial charge in [0.15, 0.2) is 0 Å². The number of alkyl halides is 2. The van der Waals surface area contributed by atoms with Crippen LogP contribution in [0.4, 0.5) is 15.9 Å². The number of halogens is 2. The van der Waals surface area contributed by atoms with E-state index in [0.29, 0.717) is 30.0 Å². The van der Waals surface area contributed by atoms with Crippen LogP contribution in [-0.2, 0) is 12.0 Å². The maximum absolute atomic E-state index is 14.7. The summed E-state index contributed by atoms with van der Waals surface area (Å²) in [5.74, 6) is 1.16. The number of carbonyl (C=O) groups excluding carboxylic acids is 1. The van der Waals surface area contributed by atoms with Crippen molar-refractivity contribution < 1.29 is 9.18 Å². The van der Waals surface area contributed by atoms with Gasteiger partial charge in [0, 0.05) is 23.9 Å². The van der Waals surface area contributed by atoms with Gasteiger partial charge in [0.2, 0.25) is 0 Å². The van der Waals surface area contributed by atoms with Crippen LogP contribution >= 0.6 is 11.6 Å². The summed E-state index contributed by atoms with van der Waals surface area (Å²) in [5.41, 5.74) is 2.67. The fourth-order valence-electron chi connectivity index (χ4n) is 4.29. The Balaban J connectivity index is 1.48. The zero-order valence-electron chi connectivity index (χ0n) is 17.1. The monoisotopic (exact) mass is 436 g/mol. The lowest BCUT2D eigenvalue weighted by atomic mass is 9.94. The number of benzene rings is 2. The van der Waals surface area contributed by atoms with Crippen molar-refractivity contribution in [3.63, 3.8) is 0 Å². The highest BCUT2D eigenvalue weighted by molar-refractivity contribution is 6.24. The molecule has 1 aromatic heterocycles. The molecule has 5 rings (SSSR count). The number of aromatic nitrogens is 2. The van der Waals surface area contributed by atoms with Crippen LogP contribution in [0.15, 0.2) is 60.8 Å². The Morgan fingerprint density at radius 3 is 2.71 bits per heavy atom. The van der Waals surface area contributed by atoms with Gasteiger partial charge in [-0.25, -0.2) is 14.4 Å². The molecule has 1 aliphatic heterocycles. The van der Waals surface area contributed by atoms with Crippen LogP contribution in [0.2, 0.25) is 0 Å². The first-order valence-corrected chi connectivity index (χ1v) is 10.8. The van der Waals surface area contributed by atoms with Gasteiger partial charge < -0.3 is 10.2 Å². The average molecular weight is 437 g/mol. The quantitative estimate of drug-likeness (QED) is 0.614. The van der Waals surface area contributed by atoms with E-state index in [1.807, 2.05) is 48.2 Å². The SMILES string of the molecule is Cc1nccc(N2CC(F)Cc3cc(C4(NC(=O)c5ccccc5)CC4Cl)ccc32)n1. The van der Waals surface area contributed by atoms with Crippen molar-refractivity contribution in [2.24, 2.45) is 0 Å². The highest BCUT2D eigenvalue weighted by atomic mass is 35.5. The van der Waals surface area contributed by atoms with E-state index in [-0.39, 0.29) is 17.8 Å². The van der Waals surface area contributed by atoms with Crippen LogP contribution in [0.25, 0.3) is 0 Å². The standard InChI is InChI=1S/C24H22ClFN4O/c1-15-27-10-9-22(28-15)30-14-19(26)12-17-11-18(7-8-20(17)30)24(13-21(24)25)29-23(31)16-5-3-2-4-6-16/h2-11,19,21H,12-14H2,1H3,(H,29,31). The number of rotatable bonds is 4. The lowest BCUT2D eigenvalue weighted by Crippen LogP contribution is -2.38. The molecule has 158 valence electrons. The highest BCUT2D eigenvalue weighted by Crippen LogP contribution is 2.51. The average Bonchev–Trinajstić information content (AvgIpc) is 3.43. The molecule has 2 heterocycles. The first-order valence-electron chi connectivity index (χ1n) is 10.3. The van der Waals surface area contributed by atoms with Crippen LogP contribution in [0, 0.1) is 6.92 Å². The molecule has 3 aromatic rings. The lowest BCUT2D eigenvalue weighted by Gasteiger charge is -2.33. The number of amides is 1. The molecule has 1 N–H and O–H groups in total. The number of aryl methyl sites for hydroxylation is 1. The van der Waals surface area contributed by atoms with Crippen LogP contribution < -0.4 is 10.2 Å². The second-order valence-corrected chi connectivity index (χ2v) is 8.71. The van der Waals surface area contributed by atoms with Gasteiger partial charge >= 0.3 is 0 Å². The third kappa shape index (κ3) is 3.65. The van der Waals surface area contributed by atoms with Gasteiger partial charge in [-0.3, -0.25) is 4.79 Å². The number of anilines is 2. The van der Waals surface area contributed by atoms with Crippen LogP contribution in [-0.4, -0.2) is 34.0 Å². The number of carbonyl (C=O) groups is 1. The number of hydrogen-bond acceptors (Lipinski definition) is 4. The van der Waals surface area contributed by atoms with Crippen molar-refractivity contribution in [1.29, 1.82) is 0 Å². The molecule has 5 nitrogen and oxygen atoms in total. The number of nitrogens with one attached hydrogen (secondary N) is 1. The van der Waals surface area contributed by atoms with Crippen molar-refractivity contribution in [3.05, 3.63) is 83.3 Å². The predicted octanol–water partition coefficient (Wildman–Crippen LogP) is 4.45. The second kappa shape index (κ2) is 7.61. The Kier molecular flexibility index (Phi) is 4.89. The summed E-state index contributed by atoms with van der Waals surface area (Å²) in [6.45, 7) is 2.06. The summed E-state index contributed by atoms with van der Waals surface area (Å²) in [6.07, 6.45) is 1.63. The summed E-state index contributed by atoms with van der Waals surface area (Å²) in [7, 11) is 0. The molecule has 2 aromatic carbocycles. The van der Waals surface area contributed by atoms with E-state index in [9.17, 15) is 9.18 Å². The molecule has 7 heteroatoms. The summed E-state index contributed by atoms with van der Waals surface area (Å²) in [4.78, 5) is 23.3. The minimum Gasteiger partial charge on any atom is -0.341 e. The van der Waals surface area contributed by atoms with E-state index in [1.165, 1.54) is 0 Å². The molecule has 1 amide bonds. The molecule has 31 heavy (non-hydrogen) atoms. The highest BCUT2D eigenvalue weighted by Gasteiger charge is 2.56. The van der Waals surface area contributed by atoms with Crippen LogP contribution in [0.3, 0.4) is 0 Å². The van der Waals surface area contributed by atoms with Crippen molar-refractivity contribution in [2.45, 2.75) is 36.9 Å². The number of fused-ring (bicyclic) bond motifs is 1. The molecule has 0 saturated heterocycles. The maximum atomic E-state index is 14.7. The minimum atomic E-state index is -1.01. The molecule has 0 bridgehead atoms. The van der Waals surface area contributed by atoms with Gasteiger partial charge in [0.05, 0.1) is 17.5 Å². The van der Waals surface area contributed by atoms with Crippen molar-refractivity contribution >= 4 is 29.0 Å². The third-order valence-electron chi connectivity index (χ3n) is 5.99. The fourth-order valence-corrected chi connectivity index (χ4v) is 4.71. The first-order chi connectivity index (χ1) is 15.0. The zero-order valence-corrected chi connectivity index (χ0v) is 17.8. The largest absolute Gasteiger partial charge is 0.341 e. The fraction of sp³-hybridized carbons (Fsp3) is 0.292. The van der Waals surface area contributed by atoms with Crippen molar-refractivity contribution in [3.8, 4) is 0 Å². The molecule has 3 atom stereocenters. The summed E-state index contributed by atoms with van der Waals surface area (Å²) >= 11 is 6.51. The van der Waals surface area contributed by atoms with E-state index in [2.05, 4.69) is 15.3 Å². The number of hydrogen-bond donors (Lipinski definition) is 1. The lowest BCUT2D eigenvalue weighted by molar-refractivity contribution is 0.0931. The molecule has 0 spiro atoms. The van der Waals surface area contributed by atoms with Crippen molar-refractivity contribution in [2.75, 3.05) is 11.4 Å².